The molecule has 13 heavy (non-hydrogen) atoms. The van der Waals surface area contributed by atoms with Gasteiger partial charge >= 0.3 is 5.97 Å². The Morgan fingerprint density at radius 2 is 2.15 bits per heavy atom. The molecule has 0 amide bonds. The summed E-state index contributed by atoms with van der Waals surface area (Å²) in [4.78, 5) is 10.3. The molecule has 0 atom stereocenters. The van der Waals surface area contributed by atoms with Crippen LogP contribution in [0.3, 0.4) is 0 Å². The molecule has 1 rings (SSSR count). The summed E-state index contributed by atoms with van der Waals surface area (Å²) >= 11 is 2.09. The Morgan fingerprint density at radius 3 is 2.69 bits per heavy atom. The number of hydrogen-bond acceptors (Lipinski definition) is 2. The zero-order chi connectivity index (χ0) is 9.84. The normalized spacial score (nSPS) is 9.92. The van der Waals surface area contributed by atoms with Gasteiger partial charge in [-0.2, -0.15) is 0 Å². The van der Waals surface area contributed by atoms with Crippen molar-refractivity contribution in [2.75, 3.05) is 0 Å². The summed E-state index contributed by atoms with van der Waals surface area (Å²) in [6, 6.07) is 5.22. The first kappa shape index (κ1) is 10.3. The molecule has 0 spiro atoms. The van der Waals surface area contributed by atoms with E-state index in [2.05, 4.69) is 22.6 Å². The van der Waals surface area contributed by atoms with Crippen LogP contribution in [0.25, 0.3) is 0 Å². The van der Waals surface area contributed by atoms with Gasteiger partial charge in [0.15, 0.2) is 0 Å². The molecule has 0 aromatic heterocycles. The molecule has 0 aliphatic heterocycles. The van der Waals surface area contributed by atoms with Crippen LogP contribution in [-0.4, -0.2) is 16.2 Å². The maximum atomic E-state index is 10.3. The molecule has 70 valence electrons. The number of carboxylic acid groups (broad SMARTS) is 1. The number of halogens is 1. The summed E-state index contributed by atoms with van der Waals surface area (Å²) in [5, 5.41) is 17.8. The largest absolute Gasteiger partial charge is 0.508 e. The van der Waals surface area contributed by atoms with Crippen molar-refractivity contribution in [2.45, 2.75) is 12.8 Å². The molecule has 1 aromatic rings. The molecule has 1 aromatic carbocycles. The summed E-state index contributed by atoms with van der Waals surface area (Å²) in [6.45, 7) is 0. The number of aliphatic carboxylic acids is 1. The fourth-order valence-corrected chi connectivity index (χ4v) is 1.46. The van der Waals surface area contributed by atoms with E-state index in [-0.39, 0.29) is 12.2 Å². The maximum absolute atomic E-state index is 10.3. The van der Waals surface area contributed by atoms with Crippen LogP contribution in [0.5, 0.6) is 5.75 Å². The standard InChI is InChI=1S/C9H9IO3/c10-7-3-1-6(8(11)5-7)2-4-9(12)13/h1,3,5,11H,2,4H2,(H,12,13). The van der Waals surface area contributed by atoms with E-state index in [1.807, 2.05) is 6.07 Å². The molecule has 0 unspecified atom stereocenters. The number of aryl methyl sites for hydroxylation is 1. The van der Waals surface area contributed by atoms with E-state index in [4.69, 9.17) is 5.11 Å². The summed E-state index contributed by atoms with van der Waals surface area (Å²) in [7, 11) is 0. The maximum Gasteiger partial charge on any atom is 0.303 e. The minimum Gasteiger partial charge on any atom is -0.508 e. The van der Waals surface area contributed by atoms with Crippen molar-refractivity contribution < 1.29 is 15.0 Å². The van der Waals surface area contributed by atoms with Gasteiger partial charge in [-0.15, -0.1) is 0 Å². The van der Waals surface area contributed by atoms with Crippen molar-refractivity contribution in [3.05, 3.63) is 27.3 Å². The lowest BCUT2D eigenvalue weighted by Crippen LogP contribution is -1.97. The van der Waals surface area contributed by atoms with Crippen LogP contribution in [-0.2, 0) is 11.2 Å². The van der Waals surface area contributed by atoms with Crippen molar-refractivity contribution in [1.82, 2.24) is 0 Å². The highest BCUT2D eigenvalue weighted by Crippen LogP contribution is 2.21. The fraction of sp³-hybridized carbons (Fsp3) is 0.222. The van der Waals surface area contributed by atoms with Gasteiger partial charge in [-0.3, -0.25) is 4.79 Å². The second-order valence-corrected chi connectivity index (χ2v) is 3.91. The highest BCUT2D eigenvalue weighted by molar-refractivity contribution is 14.1. The third-order valence-corrected chi connectivity index (χ3v) is 2.33. The van der Waals surface area contributed by atoms with Crippen molar-refractivity contribution >= 4 is 28.6 Å². The molecule has 0 aliphatic carbocycles. The van der Waals surface area contributed by atoms with E-state index in [9.17, 15) is 9.90 Å². The van der Waals surface area contributed by atoms with Crippen molar-refractivity contribution in [1.29, 1.82) is 0 Å². The molecular formula is C9H9IO3. The molecule has 0 aliphatic rings. The van der Waals surface area contributed by atoms with Gasteiger partial charge in [0.1, 0.15) is 5.75 Å². The first-order chi connectivity index (χ1) is 6.09. The van der Waals surface area contributed by atoms with E-state index in [1.54, 1.807) is 12.1 Å². The van der Waals surface area contributed by atoms with Crippen LogP contribution < -0.4 is 0 Å². The average molecular weight is 292 g/mol. The number of carbonyl (C=O) groups is 1. The minimum absolute atomic E-state index is 0.0498. The van der Waals surface area contributed by atoms with Crippen LogP contribution in [0, 0.1) is 3.57 Å². The molecule has 3 nitrogen and oxygen atoms in total. The van der Waals surface area contributed by atoms with E-state index in [1.165, 1.54) is 0 Å². The van der Waals surface area contributed by atoms with Crippen molar-refractivity contribution in [3.63, 3.8) is 0 Å². The molecule has 4 heteroatoms. The Balaban J connectivity index is 2.72. The zero-order valence-electron chi connectivity index (χ0n) is 6.83. The molecule has 0 saturated heterocycles. The lowest BCUT2D eigenvalue weighted by Gasteiger charge is -2.02. The molecule has 0 fully saturated rings. The molecule has 0 radical (unpaired) electrons. The Bertz CT molecular complexity index is 323. The first-order valence-electron chi connectivity index (χ1n) is 3.79. The lowest BCUT2D eigenvalue weighted by atomic mass is 10.1. The number of benzene rings is 1. The topological polar surface area (TPSA) is 57.5 Å². The summed E-state index contributed by atoms with van der Waals surface area (Å²) in [5.74, 6) is -0.675. The first-order valence-corrected chi connectivity index (χ1v) is 4.86. The smallest absolute Gasteiger partial charge is 0.303 e. The monoisotopic (exact) mass is 292 g/mol. The number of phenolic OH excluding ortho intramolecular Hbond substituents is 1. The van der Waals surface area contributed by atoms with Gasteiger partial charge in [-0.05, 0) is 46.7 Å². The predicted octanol–water partition coefficient (Wildman–Crippen LogP) is 2.01. The van der Waals surface area contributed by atoms with Gasteiger partial charge < -0.3 is 10.2 Å². The van der Waals surface area contributed by atoms with E-state index < -0.39 is 5.97 Å². The van der Waals surface area contributed by atoms with Gasteiger partial charge in [-0.1, -0.05) is 6.07 Å². The van der Waals surface area contributed by atoms with Crippen molar-refractivity contribution in [3.8, 4) is 5.75 Å². The highest BCUT2D eigenvalue weighted by Gasteiger charge is 2.04. The molecule has 0 heterocycles. The second kappa shape index (κ2) is 4.45. The minimum atomic E-state index is -0.849. The van der Waals surface area contributed by atoms with Gasteiger partial charge in [0.25, 0.3) is 0 Å². The molecule has 0 saturated carbocycles. The number of phenols is 1. The number of hydrogen-bond donors (Lipinski definition) is 2. The van der Waals surface area contributed by atoms with Crippen LogP contribution in [0.15, 0.2) is 18.2 Å². The van der Waals surface area contributed by atoms with E-state index in [0.717, 1.165) is 3.57 Å². The Morgan fingerprint density at radius 1 is 1.46 bits per heavy atom. The van der Waals surface area contributed by atoms with Crippen LogP contribution >= 0.6 is 22.6 Å². The summed E-state index contributed by atoms with van der Waals surface area (Å²) in [6.07, 6.45) is 0.423. The molecule has 0 bridgehead atoms. The van der Waals surface area contributed by atoms with E-state index in [0.29, 0.717) is 12.0 Å². The number of rotatable bonds is 3. The third-order valence-electron chi connectivity index (χ3n) is 1.66. The third kappa shape index (κ3) is 3.22. The highest BCUT2D eigenvalue weighted by atomic mass is 127. The quantitative estimate of drug-likeness (QED) is 0.838. The SMILES string of the molecule is O=C(O)CCc1ccc(I)cc1O. The average Bonchev–Trinajstić information content (AvgIpc) is 2.02. The van der Waals surface area contributed by atoms with Gasteiger partial charge in [0.05, 0.1) is 0 Å². The van der Waals surface area contributed by atoms with E-state index >= 15 is 0 Å². The Hall–Kier alpha value is -0.780. The fourth-order valence-electron chi connectivity index (χ4n) is 0.990. The van der Waals surface area contributed by atoms with Crippen LogP contribution in [0.4, 0.5) is 0 Å². The predicted molar refractivity (Wildman–Crippen MR) is 56.8 cm³/mol. The molecule has 2 N–H and O–H groups in total. The zero-order valence-corrected chi connectivity index (χ0v) is 8.98. The van der Waals surface area contributed by atoms with Crippen molar-refractivity contribution in [2.24, 2.45) is 0 Å². The summed E-state index contributed by atoms with van der Waals surface area (Å²) < 4.78 is 0.939. The number of carboxylic acids is 1. The Kier molecular flexibility index (Phi) is 3.53. The lowest BCUT2D eigenvalue weighted by molar-refractivity contribution is -0.136. The summed E-state index contributed by atoms with van der Waals surface area (Å²) in [5.41, 5.74) is 0.683. The number of aromatic hydroxyl groups is 1. The Labute approximate surface area is 89.5 Å². The van der Waals surface area contributed by atoms with Gasteiger partial charge in [0.2, 0.25) is 0 Å². The van der Waals surface area contributed by atoms with Gasteiger partial charge in [0, 0.05) is 9.99 Å². The van der Waals surface area contributed by atoms with Crippen LogP contribution in [0.1, 0.15) is 12.0 Å². The molecular weight excluding hydrogens is 283 g/mol. The second-order valence-electron chi connectivity index (χ2n) is 2.67. The van der Waals surface area contributed by atoms with Gasteiger partial charge in [-0.25, -0.2) is 0 Å². The van der Waals surface area contributed by atoms with Crippen LogP contribution in [0.2, 0.25) is 0 Å².